The molecule has 1 atom stereocenters. The molecule has 0 aliphatic carbocycles. The van der Waals surface area contributed by atoms with Crippen LogP contribution >= 0.6 is 11.6 Å². The zero-order valence-electron chi connectivity index (χ0n) is 11.4. The second kappa shape index (κ2) is 5.25. The Morgan fingerprint density at radius 2 is 1.65 bits per heavy atom. The molecule has 0 amide bonds. The zero-order chi connectivity index (χ0) is 13.3. The zero-order valence-corrected chi connectivity index (χ0v) is 12.1. The smallest absolute Gasteiger partial charge is 0.128 e. The van der Waals surface area contributed by atoms with Crippen LogP contribution < -0.4 is 10.5 Å². The lowest BCUT2D eigenvalue weighted by atomic mass is 9.96. The maximum atomic E-state index is 6.34. The van der Waals surface area contributed by atoms with Crippen LogP contribution in [-0.4, -0.2) is 26.1 Å². The van der Waals surface area contributed by atoms with Crippen LogP contribution in [0.4, 0.5) is 0 Å². The number of halogens is 1. The fourth-order valence-corrected chi connectivity index (χ4v) is 2.23. The van der Waals surface area contributed by atoms with Crippen molar-refractivity contribution in [2.24, 2.45) is 5.73 Å². The number of benzene rings is 1. The fourth-order valence-electron chi connectivity index (χ4n) is 1.98. The van der Waals surface area contributed by atoms with Crippen molar-refractivity contribution < 1.29 is 4.74 Å². The Morgan fingerprint density at radius 3 is 2.06 bits per heavy atom. The van der Waals surface area contributed by atoms with Crippen LogP contribution in [0.15, 0.2) is 0 Å². The third-order valence-electron chi connectivity index (χ3n) is 3.27. The van der Waals surface area contributed by atoms with Gasteiger partial charge in [-0.25, -0.2) is 0 Å². The molecule has 0 saturated carbocycles. The molecule has 0 aliphatic rings. The molecule has 1 rings (SSSR count). The van der Waals surface area contributed by atoms with E-state index in [-0.39, 0.29) is 6.17 Å². The van der Waals surface area contributed by atoms with Gasteiger partial charge in [-0.15, -0.1) is 0 Å². The maximum Gasteiger partial charge on any atom is 0.128 e. The second-order valence-electron chi connectivity index (χ2n) is 4.54. The molecule has 0 aromatic heterocycles. The first-order chi connectivity index (χ1) is 7.82. The molecule has 17 heavy (non-hydrogen) atoms. The molecule has 2 N–H and O–H groups in total. The van der Waals surface area contributed by atoms with Gasteiger partial charge in [-0.3, -0.25) is 4.90 Å². The third kappa shape index (κ3) is 2.41. The molecule has 96 valence electrons. The van der Waals surface area contributed by atoms with Gasteiger partial charge in [0.25, 0.3) is 0 Å². The number of hydrogen-bond donors (Lipinski definition) is 1. The minimum absolute atomic E-state index is 0.221. The van der Waals surface area contributed by atoms with Crippen LogP contribution in [0.25, 0.3) is 0 Å². The summed E-state index contributed by atoms with van der Waals surface area (Å²) in [5.74, 6) is 0.839. The van der Waals surface area contributed by atoms with E-state index in [1.807, 2.05) is 39.8 Å². The lowest BCUT2D eigenvalue weighted by Crippen LogP contribution is -2.29. The van der Waals surface area contributed by atoms with Crippen molar-refractivity contribution in [2.75, 3.05) is 21.2 Å². The average Bonchev–Trinajstić information content (AvgIpc) is 2.29. The Labute approximate surface area is 109 Å². The average molecular weight is 257 g/mol. The molecular weight excluding hydrogens is 236 g/mol. The van der Waals surface area contributed by atoms with Crippen molar-refractivity contribution in [2.45, 2.75) is 26.9 Å². The lowest BCUT2D eigenvalue weighted by Gasteiger charge is -2.26. The van der Waals surface area contributed by atoms with Crippen molar-refractivity contribution in [1.29, 1.82) is 0 Å². The van der Waals surface area contributed by atoms with E-state index in [4.69, 9.17) is 22.1 Å². The third-order valence-corrected chi connectivity index (χ3v) is 3.83. The van der Waals surface area contributed by atoms with E-state index in [0.29, 0.717) is 0 Å². The van der Waals surface area contributed by atoms with Gasteiger partial charge in [0.1, 0.15) is 5.75 Å². The van der Waals surface area contributed by atoms with Crippen LogP contribution in [0, 0.1) is 20.8 Å². The van der Waals surface area contributed by atoms with Gasteiger partial charge in [0.05, 0.1) is 13.3 Å². The van der Waals surface area contributed by atoms with Crippen LogP contribution in [0.5, 0.6) is 5.75 Å². The highest BCUT2D eigenvalue weighted by molar-refractivity contribution is 6.32. The minimum Gasteiger partial charge on any atom is -0.496 e. The second-order valence-corrected chi connectivity index (χ2v) is 4.92. The van der Waals surface area contributed by atoms with Gasteiger partial charge in [-0.05, 0) is 51.6 Å². The molecular formula is C13H21ClN2O. The summed E-state index contributed by atoms with van der Waals surface area (Å²) in [6, 6.07) is 0. The standard InChI is InChI=1S/C13H21ClN2O/c1-7-8(2)12(17-6)10(9(3)11(7)14)13(15)16(4)5/h13H,15H2,1-6H3. The maximum absolute atomic E-state index is 6.34. The Kier molecular flexibility index (Phi) is 4.42. The number of hydrogen-bond acceptors (Lipinski definition) is 3. The van der Waals surface area contributed by atoms with Gasteiger partial charge in [-0.2, -0.15) is 0 Å². The number of rotatable bonds is 3. The Balaban J connectivity index is 3.58. The SMILES string of the molecule is COc1c(C)c(C)c(Cl)c(C)c1C(N)N(C)C. The molecule has 4 heteroatoms. The van der Waals surface area contributed by atoms with Gasteiger partial charge < -0.3 is 10.5 Å². The Morgan fingerprint density at radius 1 is 1.12 bits per heavy atom. The predicted molar refractivity (Wildman–Crippen MR) is 72.8 cm³/mol. The Bertz CT molecular complexity index is 430. The predicted octanol–water partition coefficient (Wildman–Crippen LogP) is 2.79. The number of nitrogens with zero attached hydrogens (tertiary/aromatic N) is 1. The molecule has 0 fully saturated rings. The van der Waals surface area contributed by atoms with Crippen LogP contribution in [-0.2, 0) is 0 Å². The summed E-state index contributed by atoms with van der Waals surface area (Å²) >= 11 is 6.34. The summed E-state index contributed by atoms with van der Waals surface area (Å²) in [7, 11) is 5.54. The molecule has 0 aliphatic heterocycles. The molecule has 3 nitrogen and oxygen atoms in total. The molecule has 0 radical (unpaired) electrons. The Hall–Kier alpha value is -0.770. The highest BCUT2D eigenvalue weighted by Crippen LogP contribution is 2.38. The van der Waals surface area contributed by atoms with Crippen LogP contribution in [0.1, 0.15) is 28.4 Å². The van der Waals surface area contributed by atoms with Crippen molar-refractivity contribution in [1.82, 2.24) is 4.90 Å². The summed E-state index contributed by atoms with van der Waals surface area (Å²) in [5.41, 5.74) is 10.2. The molecule has 1 unspecified atom stereocenters. The summed E-state index contributed by atoms with van der Waals surface area (Å²) < 4.78 is 5.50. The molecule has 1 aromatic rings. The first-order valence-corrected chi connectivity index (χ1v) is 5.95. The van der Waals surface area contributed by atoms with Crippen molar-refractivity contribution in [3.63, 3.8) is 0 Å². The van der Waals surface area contributed by atoms with E-state index < -0.39 is 0 Å². The van der Waals surface area contributed by atoms with E-state index in [1.54, 1.807) is 7.11 Å². The van der Waals surface area contributed by atoms with Crippen molar-refractivity contribution in [3.05, 3.63) is 27.3 Å². The van der Waals surface area contributed by atoms with Crippen molar-refractivity contribution in [3.8, 4) is 5.75 Å². The first-order valence-electron chi connectivity index (χ1n) is 5.58. The topological polar surface area (TPSA) is 38.5 Å². The van der Waals surface area contributed by atoms with Gasteiger partial charge in [0.15, 0.2) is 0 Å². The van der Waals surface area contributed by atoms with Crippen LogP contribution in [0.3, 0.4) is 0 Å². The van der Waals surface area contributed by atoms with Gasteiger partial charge in [0.2, 0.25) is 0 Å². The molecule has 0 bridgehead atoms. The minimum atomic E-state index is -0.221. The molecule has 0 saturated heterocycles. The first kappa shape index (κ1) is 14.3. The largest absolute Gasteiger partial charge is 0.496 e. The van der Waals surface area contributed by atoms with E-state index in [0.717, 1.165) is 33.0 Å². The van der Waals surface area contributed by atoms with Crippen LogP contribution in [0.2, 0.25) is 5.02 Å². The number of methoxy groups -OCH3 is 1. The quantitative estimate of drug-likeness (QED) is 0.846. The number of ether oxygens (including phenoxy) is 1. The fraction of sp³-hybridized carbons (Fsp3) is 0.538. The van der Waals surface area contributed by atoms with Gasteiger partial charge in [0, 0.05) is 10.6 Å². The number of nitrogens with two attached hydrogens (primary N) is 1. The summed E-state index contributed by atoms with van der Waals surface area (Å²) in [6.07, 6.45) is -0.221. The monoisotopic (exact) mass is 256 g/mol. The van der Waals surface area contributed by atoms with E-state index in [9.17, 15) is 0 Å². The van der Waals surface area contributed by atoms with Gasteiger partial charge in [-0.1, -0.05) is 11.6 Å². The lowest BCUT2D eigenvalue weighted by molar-refractivity contribution is 0.294. The van der Waals surface area contributed by atoms with Gasteiger partial charge >= 0.3 is 0 Å². The normalized spacial score (nSPS) is 13.0. The highest BCUT2D eigenvalue weighted by atomic mass is 35.5. The molecule has 1 aromatic carbocycles. The van der Waals surface area contributed by atoms with E-state index in [1.165, 1.54) is 0 Å². The molecule has 0 heterocycles. The highest BCUT2D eigenvalue weighted by Gasteiger charge is 2.22. The summed E-state index contributed by atoms with van der Waals surface area (Å²) in [5, 5.41) is 0.774. The van der Waals surface area contributed by atoms with Crippen molar-refractivity contribution >= 4 is 11.6 Å². The summed E-state index contributed by atoms with van der Waals surface area (Å²) in [4.78, 5) is 1.94. The van der Waals surface area contributed by atoms with E-state index >= 15 is 0 Å². The molecule has 0 spiro atoms. The van der Waals surface area contributed by atoms with E-state index in [2.05, 4.69) is 0 Å². The summed E-state index contributed by atoms with van der Waals surface area (Å²) in [6.45, 7) is 5.99.